The Bertz CT molecular complexity index is 3010. The van der Waals surface area contributed by atoms with Gasteiger partial charge in [-0.25, -0.2) is 0 Å². The van der Waals surface area contributed by atoms with Crippen LogP contribution in [0, 0.1) is 0 Å². The molecule has 11 rings (SSSR count). The number of nitrogens with zero attached hydrogens (tertiary/aromatic N) is 1. The van der Waals surface area contributed by atoms with Crippen molar-refractivity contribution >= 4 is 78.0 Å². The van der Waals surface area contributed by atoms with Crippen LogP contribution in [0.4, 0.5) is 17.1 Å². The first-order valence-corrected chi connectivity index (χ1v) is 17.8. The zero-order valence-corrected chi connectivity index (χ0v) is 28.2. The standard InChI is InChI=1S/C48H31NO3/c1-4-10-43-37(7-1)40-27-32(17-24-46(40)50-43)30-13-19-34(20-14-30)49(36-23-26-48-42(29-36)39-9-3-6-12-45(39)52-48)35-21-15-31(16-22-35)33-18-25-47-41(28-33)38-8-2-5-11-44(38)51-47/h1-4,6-10,12-29H,5,11H2. The second-order valence-corrected chi connectivity index (χ2v) is 13.6. The Hall–Kier alpha value is -6.78. The molecule has 0 saturated carbocycles. The van der Waals surface area contributed by atoms with Crippen LogP contribution in [0.3, 0.4) is 0 Å². The average molecular weight is 670 g/mol. The molecule has 0 aliphatic heterocycles. The smallest absolute Gasteiger partial charge is 0.135 e. The Labute approximate surface area is 299 Å². The third kappa shape index (κ3) is 4.61. The van der Waals surface area contributed by atoms with Gasteiger partial charge in [-0.3, -0.25) is 0 Å². The van der Waals surface area contributed by atoms with Crippen molar-refractivity contribution < 1.29 is 13.3 Å². The van der Waals surface area contributed by atoms with Gasteiger partial charge in [0.1, 0.15) is 33.7 Å². The van der Waals surface area contributed by atoms with Gasteiger partial charge in [0.2, 0.25) is 0 Å². The fourth-order valence-corrected chi connectivity index (χ4v) is 7.94. The highest BCUT2D eigenvalue weighted by Crippen LogP contribution is 2.41. The van der Waals surface area contributed by atoms with Crippen molar-refractivity contribution in [3.05, 3.63) is 169 Å². The van der Waals surface area contributed by atoms with Crippen molar-refractivity contribution in [1.29, 1.82) is 0 Å². The molecule has 10 aromatic rings. The summed E-state index contributed by atoms with van der Waals surface area (Å²) < 4.78 is 18.5. The first kappa shape index (κ1) is 29.0. The number of hydrogen-bond acceptors (Lipinski definition) is 4. The van der Waals surface area contributed by atoms with E-state index in [2.05, 4.69) is 144 Å². The first-order chi connectivity index (χ1) is 25.7. The van der Waals surface area contributed by atoms with E-state index in [4.69, 9.17) is 13.3 Å². The van der Waals surface area contributed by atoms with E-state index in [0.717, 1.165) is 102 Å². The lowest BCUT2D eigenvalue weighted by molar-refractivity contribution is 0.546. The van der Waals surface area contributed by atoms with Crippen LogP contribution in [0.1, 0.15) is 17.7 Å². The molecule has 1 aliphatic rings. The van der Waals surface area contributed by atoms with E-state index < -0.39 is 0 Å². The van der Waals surface area contributed by atoms with Gasteiger partial charge in [0, 0.05) is 56.0 Å². The molecule has 0 unspecified atom stereocenters. The minimum Gasteiger partial charge on any atom is -0.460 e. The molecule has 0 amide bonds. The summed E-state index contributed by atoms with van der Waals surface area (Å²) in [5.41, 5.74) is 13.6. The van der Waals surface area contributed by atoms with Crippen molar-refractivity contribution in [2.45, 2.75) is 12.8 Å². The largest absolute Gasteiger partial charge is 0.460 e. The highest BCUT2D eigenvalue weighted by Gasteiger charge is 2.18. The summed E-state index contributed by atoms with van der Waals surface area (Å²) >= 11 is 0. The Morgan fingerprint density at radius 3 is 1.50 bits per heavy atom. The summed E-state index contributed by atoms with van der Waals surface area (Å²) in [7, 11) is 0. The summed E-state index contributed by atoms with van der Waals surface area (Å²) in [5, 5.41) is 5.64. The van der Waals surface area contributed by atoms with E-state index in [9.17, 15) is 0 Å². The molecule has 1 aliphatic carbocycles. The number of benzene rings is 7. The second kappa shape index (κ2) is 11.4. The number of hydrogen-bond donors (Lipinski definition) is 0. The number of anilines is 3. The summed E-state index contributed by atoms with van der Waals surface area (Å²) in [6, 6.07) is 53.6. The van der Waals surface area contributed by atoms with E-state index in [-0.39, 0.29) is 0 Å². The quantitative estimate of drug-likeness (QED) is 0.183. The highest BCUT2D eigenvalue weighted by atomic mass is 16.3. The lowest BCUT2D eigenvalue weighted by atomic mass is 9.98. The van der Waals surface area contributed by atoms with Crippen molar-refractivity contribution in [3.63, 3.8) is 0 Å². The molecule has 0 spiro atoms. The van der Waals surface area contributed by atoms with Gasteiger partial charge in [0.05, 0.1) is 0 Å². The van der Waals surface area contributed by atoms with E-state index in [0.29, 0.717) is 0 Å². The van der Waals surface area contributed by atoms with Crippen LogP contribution in [0.15, 0.2) is 171 Å². The molecule has 0 N–H and O–H groups in total. The van der Waals surface area contributed by atoms with Gasteiger partial charge in [0.15, 0.2) is 0 Å². The molecule has 0 saturated heterocycles. The molecule has 246 valence electrons. The maximum atomic E-state index is 6.20. The van der Waals surface area contributed by atoms with Crippen molar-refractivity contribution in [1.82, 2.24) is 0 Å². The van der Waals surface area contributed by atoms with E-state index in [1.165, 1.54) is 16.5 Å². The maximum absolute atomic E-state index is 6.20. The SMILES string of the molecule is C1=Cc2c(oc3ccc(-c4ccc(N(c5ccc(-c6ccc7oc8ccccc8c7c6)cc5)c5ccc6oc7ccccc7c6c5)cc4)cc23)CC1. The average Bonchev–Trinajstić information content (AvgIpc) is 3.89. The fourth-order valence-electron chi connectivity index (χ4n) is 7.94. The lowest BCUT2D eigenvalue weighted by Gasteiger charge is -2.26. The third-order valence-corrected chi connectivity index (χ3v) is 10.5. The molecule has 3 heterocycles. The fraction of sp³-hybridized carbons (Fsp3) is 0.0417. The van der Waals surface area contributed by atoms with E-state index >= 15 is 0 Å². The van der Waals surface area contributed by atoms with Gasteiger partial charge in [-0.15, -0.1) is 0 Å². The molecule has 4 heteroatoms. The van der Waals surface area contributed by atoms with Gasteiger partial charge in [-0.05, 0) is 108 Å². The Kier molecular flexibility index (Phi) is 6.34. The molecule has 52 heavy (non-hydrogen) atoms. The van der Waals surface area contributed by atoms with Crippen LogP contribution in [-0.2, 0) is 6.42 Å². The summed E-state index contributed by atoms with van der Waals surface area (Å²) in [5.74, 6) is 1.09. The van der Waals surface area contributed by atoms with Crippen LogP contribution in [0.5, 0.6) is 0 Å². The van der Waals surface area contributed by atoms with Gasteiger partial charge in [-0.2, -0.15) is 0 Å². The maximum Gasteiger partial charge on any atom is 0.135 e. The molecule has 7 aromatic carbocycles. The number of furan rings is 3. The van der Waals surface area contributed by atoms with Crippen LogP contribution in [-0.4, -0.2) is 0 Å². The van der Waals surface area contributed by atoms with Crippen molar-refractivity contribution in [2.24, 2.45) is 0 Å². The summed E-state index contributed by atoms with van der Waals surface area (Å²) in [6.45, 7) is 0. The molecule has 0 fully saturated rings. The second-order valence-electron chi connectivity index (χ2n) is 13.6. The number of aryl methyl sites for hydroxylation is 1. The van der Waals surface area contributed by atoms with Gasteiger partial charge in [-0.1, -0.05) is 84.9 Å². The molecular weight excluding hydrogens is 639 g/mol. The third-order valence-electron chi connectivity index (χ3n) is 10.5. The van der Waals surface area contributed by atoms with Crippen LogP contribution < -0.4 is 4.90 Å². The predicted molar refractivity (Wildman–Crippen MR) is 214 cm³/mol. The van der Waals surface area contributed by atoms with Crippen molar-refractivity contribution in [2.75, 3.05) is 4.90 Å². The normalized spacial score (nSPS) is 12.8. The van der Waals surface area contributed by atoms with Gasteiger partial charge < -0.3 is 18.2 Å². The Morgan fingerprint density at radius 1 is 0.385 bits per heavy atom. The number of rotatable bonds is 5. The predicted octanol–water partition coefficient (Wildman–Crippen LogP) is 14.0. The topological polar surface area (TPSA) is 42.7 Å². The molecular formula is C48H31NO3. The van der Waals surface area contributed by atoms with Crippen LogP contribution in [0.25, 0.3) is 83.2 Å². The minimum absolute atomic E-state index is 0.879. The molecule has 0 radical (unpaired) electrons. The number of fused-ring (bicyclic) bond motifs is 9. The molecule has 0 atom stereocenters. The molecule has 4 nitrogen and oxygen atoms in total. The lowest BCUT2D eigenvalue weighted by Crippen LogP contribution is -2.09. The number of para-hydroxylation sites is 2. The Morgan fingerprint density at radius 2 is 0.865 bits per heavy atom. The van der Waals surface area contributed by atoms with Gasteiger partial charge >= 0.3 is 0 Å². The van der Waals surface area contributed by atoms with E-state index in [1.807, 2.05) is 24.3 Å². The monoisotopic (exact) mass is 669 g/mol. The summed E-state index contributed by atoms with van der Waals surface area (Å²) in [6.07, 6.45) is 6.43. The van der Waals surface area contributed by atoms with Gasteiger partial charge in [0.25, 0.3) is 0 Å². The Balaban J connectivity index is 1.00. The highest BCUT2D eigenvalue weighted by molar-refractivity contribution is 6.07. The zero-order valence-electron chi connectivity index (χ0n) is 28.2. The van der Waals surface area contributed by atoms with Crippen LogP contribution in [0.2, 0.25) is 0 Å². The van der Waals surface area contributed by atoms with E-state index in [1.54, 1.807) is 0 Å². The zero-order chi connectivity index (χ0) is 34.2. The van der Waals surface area contributed by atoms with Crippen LogP contribution >= 0.6 is 0 Å². The minimum atomic E-state index is 0.879. The van der Waals surface area contributed by atoms with Crippen molar-refractivity contribution in [3.8, 4) is 22.3 Å². The molecule has 0 bridgehead atoms. The number of allylic oxidation sites excluding steroid dienone is 1. The summed E-state index contributed by atoms with van der Waals surface area (Å²) in [4.78, 5) is 2.32. The molecule has 3 aromatic heterocycles. The first-order valence-electron chi connectivity index (χ1n) is 17.8.